The Balaban J connectivity index is 2.58. The van der Waals surface area contributed by atoms with Gasteiger partial charge in [0, 0.05) is 6.54 Å². The Kier molecular flexibility index (Phi) is 6.81. The summed E-state index contributed by atoms with van der Waals surface area (Å²) >= 11 is 0. The third-order valence-corrected chi connectivity index (χ3v) is 3.76. The molecule has 0 aromatic heterocycles. The third-order valence-electron chi connectivity index (χ3n) is 3.76. The molecule has 0 aliphatic carbocycles. The number of nitrogens with zero attached hydrogens (tertiary/aromatic N) is 2. The number of carbonyl (C=O) groups is 1. The van der Waals surface area contributed by atoms with Crippen LogP contribution in [0.5, 0.6) is 0 Å². The number of hydrogen-bond acceptors (Lipinski definition) is 4. The normalized spacial score (nSPS) is 14.4. The predicted molar refractivity (Wildman–Crippen MR) is 86.8 cm³/mol. The molecule has 5 heteroatoms. The maximum absolute atomic E-state index is 11.8. The fourth-order valence-electron chi connectivity index (χ4n) is 2.28. The van der Waals surface area contributed by atoms with E-state index in [2.05, 4.69) is 23.9 Å². The summed E-state index contributed by atoms with van der Waals surface area (Å²) < 4.78 is 0. The molecule has 0 radical (unpaired) electrons. The molecular weight excluding hydrogens is 264 g/mol. The molecule has 0 aliphatic rings. The zero-order chi connectivity index (χ0) is 15.9. The first-order chi connectivity index (χ1) is 9.86. The Morgan fingerprint density at radius 2 is 1.71 bits per heavy atom. The van der Waals surface area contributed by atoms with Crippen LogP contribution >= 0.6 is 0 Å². The molecule has 1 amide bonds. The van der Waals surface area contributed by atoms with Gasteiger partial charge >= 0.3 is 0 Å². The van der Waals surface area contributed by atoms with Crippen molar-refractivity contribution < 1.29 is 4.79 Å². The molecule has 1 rings (SSSR count). The maximum atomic E-state index is 11.8. The Labute approximate surface area is 127 Å². The van der Waals surface area contributed by atoms with Crippen molar-refractivity contribution in [2.24, 2.45) is 11.5 Å². The molecule has 0 aliphatic heterocycles. The van der Waals surface area contributed by atoms with E-state index in [4.69, 9.17) is 11.5 Å². The molecule has 1 aromatic rings. The summed E-state index contributed by atoms with van der Waals surface area (Å²) in [5.74, 6) is -0.476. The van der Waals surface area contributed by atoms with Gasteiger partial charge in [-0.1, -0.05) is 30.3 Å². The smallest absolute Gasteiger partial charge is 0.242 e. The Hall–Kier alpha value is -1.43. The minimum atomic E-state index is -1.10. The third kappa shape index (κ3) is 5.46. The lowest BCUT2D eigenvalue weighted by Crippen LogP contribution is -2.50. The molecule has 4 N–H and O–H groups in total. The van der Waals surface area contributed by atoms with Crippen molar-refractivity contribution in [1.82, 2.24) is 9.80 Å². The van der Waals surface area contributed by atoms with Crippen molar-refractivity contribution in [2.75, 3.05) is 40.8 Å². The average Bonchev–Trinajstić information content (AvgIpc) is 2.45. The summed E-state index contributed by atoms with van der Waals surface area (Å²) in [4.78, 5) is 16.2. The lowest BCUT2D eigenvalue weighted by Gasteiger charge is -2.29. The van der Waals surface area contributed by atoms with E-state index in [0.29, 0.717) is 6.42 Å². The second kappa shape index (κ2) is 8.12. The zero-order valence-electron chi connectivity index (χ0n) is 13.4. The monoisotopic (exact) mass is 292 g/mol. The van der Waals surface area contributed by atoms with E-state index >= 15 is 0 Å². The van der Waals surface area contributed by atoms with E-state index in [1.807, 2.05) is 37.4 Å². The van der Waals surface area contributed by atoms with Crippen LogP contribution < -0.4 is 11.5 Å². The Bertz CT molecular complexity index is 435. The van der Waals surface area contributed by atoms with Gasteiger partial charge in [-0.05, 0) is 52.6 Å². The van der Waals surface area contributed by atoms with Crippen molar-refractivity contribution in [3.05, 3.63) is 35.9 Å². The largest absolute Gasteiger partial charge is 0.368 e. The van der Waals surface area contributed by atoms with Crippen molar-refractivity contribution >= 4 is 5.91 Å². The first-order valence-corrected chi connectivity index (χ1v) is 7.34. The molecule has 0 spiro atoms. The molecule has 5 nitrogen and oxygen atoms in total. The van der Waals surface area contributed by atoms with Gasteiger partial charge in [-0.2, -0.15) is 0 Å². The SMILES string of the molecule is CN(C)CCCN(C)CCC(N)(C(N)=O)c1ccccc1. The van der Waals surface area contributed by atoms with Crippen LogP contribution in [-0.4, -0.2) is 56.5 Å². The number of amides is 1. The minimum Gasteiger partial charge on any atom is -0.368 e. The van der Waals surface area contributed by atoms with Crippen LogP contribution in [0.1, 0.15) is 18.4 Å². The highest BCUT2D eigenvalue weighted by Gasteiger charge is 2.33. The van der Waals surface area contributed by atoms with Crippen LogP contribution in [0.15, 0.2) is 30.3 Å². The van der Waals surface area contributed by atoms with E-state index in [-0.39, 0.29) is 0 Å². The van der Waals surface area contributed by atoms with Gasteiger partial charge in [0.15, 0.2) is 0 Å². The van der Waals surface area contributed by atoms with Crippen LogP contribution in [-0.2, 0) is 10.3 Å². The molecule has 0 saturated heterocycles. The fourth-order valence-corrected chi connectivity index (χ4v) is 2.28. The highest BCUT2D eigenvalue weighted by molar-refractivity contribution is 5.85. The van der Waals surface area contributed by atoms with Crippen LogP contribution in [0, 0.1) is 0 Å². The number of primary amides is 1. The van der Waals surface area contributed by atoms with E-state index in [0.717, 1.165) is 31.6 Å². The summed E-state index contributed by atoms with van der Waals surface area (Å²) in [6.45, 7) is 2.76. The summed E-state index contributed by atoms with van der Waals surface area (Å²) in [7, 11) is 6.17. The molecule has 1 unspecified atom stereocenters. The number of nitrogens with two attached hydrogens (primary N) is 2. The second-order valence-corrected chi connectivity index (χ2v) is 5.91. The fraction of sp³-hybridized carbons (Fsp3) is 0.562. The number of carbonyl (C=O) groups excluding carboxylic acids is 1. The van der Waals surface area contributed by atoms with Gasteiger partial charge in [0.05, 0.1) is 0 Å². The molecule has 21 heavy (non-hydrogen) atoms. The van der Waals surface area contributed by atoms with Crippen LogP contribution in [0.4, 0.5) is 0 Å². The molecule has 0 fully saturated rings. The highest BCUT2D eigenvalue weighted by Crippen LogP contribution is 2.22. The average molecular weight is 292 g/mol. The molecule has 1 aromatic carbocycles. The van der Waals surface area contributed by atoms with Crippen molar-refractivity contribution in [1.29, 1.82) is 0 Å². The Morgan fingerprint density at radius 1 is 1.10 bits per heavy atom. The van der Waals surface area contributed by atoms with E-state index < -0.39 is 11.4 Å². The van der Waals surface area contributed by atoms with Crippen LogP contribution in [0.2, 0.25) is 0 Å². The zero-order valence-corrected chi connectivity index (χ0v) is 13.4. The van der Waals surface area contributed by atoms with Gasteiger partial charge < -0.3 is 21.3 Å². The molecule has 0 bridgehead atoms. The topological polar surface area (TPSA) is 75.6 Å². The van der Waals surface area contributed by atoms with Gasteiger partial charge in [0.1, 0.15) is 5.54 Å². The predicted octanol–water partition coefficient (Wildman–Crippen LogP) is 0.600. The van der Waals surface area contributed by atoms with Gasteiger partial charge in [0.25, 0.3) is 0 Å². The van der Waals surface area contributed by atoms with Crippen molar-refractivity contribution in [3.8, 4) is 0 Å². The number of hydrogen-bond donors (Lipinski definition) is 2. The van der Waals surface area contributed by atoms with Crippen molar-refractivity contribution in [2.45, 2.75) is 18.4 Å². The van der Waals surface area contributed by atoms with Crippen molar-refractivity contribution in [3.63, 3.8) is 0 Å². The van der Waals surface area contributed by atoms with Gasteiger partial charge in [-0.25, -0.2) is 0 Å². The lowest BCUT2D eigenvalue weighted by molar-refractivity contribution is -0.123. The molecule has 118 valence electrons. The molecule has 1 atom stereocenters. The van der Waals surface area contributed by atoms with E-state index in [9.17, 15) is 4.79 Å². The standard InChI is InChI=1S/C16H28N4O/c1-19(2)11-7-12-20(3)13-10-16(18,15(17)21)14-8-5-4-6-9-14/h4-6,8-9H,7,10-13,18H2,1-3H3,(H2,17,21). The Morgan fingerprint density at radius 3 is 2.24 bits per heavy atom. The van der Waals surface area contributed by atoms with Gasteiger partial charge in [0.2, 0.25) is 5.91 Å². The summed E-state index contributed by atoms with van der Waals surface area (Å²) in [6, 6.07) is 9.37. The van der Waals surface area contributed by atoms with E-state index in [1.54, 1.807) is 0 Å². The number of rotatable bonds is 9. The summed E-state index contributed by atoms with van der Waals surface area (Å²) in [6.07, 6.45) is 1.60. The maximum Gasteiger partial charge on any atom is 0.242 e. The lowest BCUT2D eigenvalue weighted by atomic mass is 9.87. The summed E-state index contributed by atoms with van der Waals surface area (Å²) in [5.41, 5.74) is 11.5. The van der Waals surface area contributed by atoms with Gasteiger partial charge in [-0.3, -0.25) is 4.79 Å². The molecule has 0 saturated carbocycles. The first kappa shape index (κ1) is 17.6. The molecular formula is C16H28N4O. The molecule has 0 heterocycles. The minimum absolute atomic E-state index is 0.476. The quantitative estimate of drug-likeness (QED) is 0.699. The second-order valence-electron chi connectivity index (χ2n) is 5.91. The van der Waals surface area contributed by atoms with Gasteiger partial charge in [-0.15, -0.1) is 0 Å². The highest BCUT2D eigenvalue weighted by atomic mass is 16.1. The first-order valence-electron chi connectivity index (χ1n) is 7.34. The summed E-state index contributed by atoms with van der Waals surface area (Å²) in [5, 5.41) is 0. The van der Waals surface area contributed by atoms with Crippen LogP contribution in [0.3, 0.4) is 0 Å². The van der Waals surface area contributed by atoms with E-state index in [1.165, 1.54) is 0 Å². The van der Waals surface area contributed by atoms with Crippen LogP contribution in [0.25, 0.3) is 0 Å². The number of benzene rings is 1.